The fourth-order valence-electron chi connectivity index (χ4n) is 2.23. The van der Waals surface area contributed by atoms with E-state index in [2.05, 4.69) is 0 Å². The maximum atomic E-state index is 10.8. The molecule has 1 aromatic carbocycles. The Hall–Kier alpha value is -1.30. The third-order valence-electron chi connectivity index (χ3n) is 3.38. The number of hydrogen-bond donors (Lipinski definition) is 1. The monoisotopic (exact) mass is 313 g/mol. The van der Waals surface area contributed by atoms with Crippen LogP contribution in [-0.4, -0.2) is 31.4 Å². The summed E-state index contributed by atoms with van der Waals surface area (Å²) in [6, 6.07) is 1.72. The molecule has 1 aliphatic heterocycles. The van der Waals surface area contributed by atoms with Crippen LogP contribution in [0.5, 0.6) is 5.75 Å². The van der Waals surface area contributed by atoms with E-state index in [1.165, 1.54) is 0 Å². The maximum Gasteiger partial charge on any atom is 0.163 e. The SMILES string of the molecule is Cc1c(Cl)cc(CC=O)c(OCC2COC(C)(C)O2)c1N. The van der Waals surface area contributed by atoms with Crippen molar-refractivity contribution in [2.24, 2.45) is 0 Å². The first kappa shape index (κ1) is 16.1. The zero-order valence-electron chi connectivity index (χ0n) is 12.4. The highest BCUT2D eigenvalue weighted by Crippen LogP contribution is 2.35. The Bertz CT molecular complexity index is 545. The minimum absolute atomic E-state index is 0.167. The van der Waals surface area contributed by atoms with Crippen LogP contribution in [0.2, 0.25) is 5.02 Å². The second kappa shape index (κ2) is 6.22. The van der Waals surface area contributed by atoms with E-state index in [1.807, 2.05) is 20.8 Å². The molecule has 0 aromatic heterocycles. The zero-order valence-corrected chi connectivity index (χ0v) is 13.2. The number of anilines is 1. The molecule has 1 atom stereocenters. The third kappa shape index (κ3) is 3.67. The summed E-state index contributed by atoms with van der Waals surface area (Å²) in [5.41, 5.74) is 7.93. The number of rotatable bonds is 5. The first-order valence-corrected chi connectivity index (χ1v) is 7.17. The van der Waals surface area contributed by atoms with Crippen molar-refractivity contribution in [1.29, 1.82) is 0 Å². The lowest BCUT2D eigenvalue weighted by atomic mass is 10.1. The lowest BCUT2D eigenvalue weighted by Crippen LogP contribution is -2.25. The van der Waals surface area contributed by atoms with Crippen molar-refractivity contribution in [3.05, 3.63) is 22.2 Å². The van der Waals surface area contributed by atoms with Gasteiger partial charge in [-0.25, -0.2) is 0 Å². The molecule has 0 aliphatic carbocycles. The fourth-order valence-corrected chi connectivity index (χ4v) is 2.47. The molecule has 0 radical (unpaired) electrons. The predicted octanol–water partition coefficient (Wildman–Crippen LogP) is 2.50. The molecule has 0 bridgehead atoms. The summed E-state index contributed by atoms with van der Waals surface area (Å²) >= 11 is 6.10. The smallest absolute Gasteiger partial charge is 0.163 e. The van der Waals surface area contributed by atoms with Gasteiger partial charge in [0.15, 0.2) is 5.79 Å². The standard InChI is InChI=1S/C15H20ClNO4/c1-9-12(16)6-10(4-5-18)14(13(9)17)19-7-11-8-20-15(2,3)21-11/h5-6,11H,4,7-8,17H2,1-3H3. The highest BCUT2D eigenvalue weighted by molar-refractivity contribution is 6.32. The van der Waals surface area contributed by atoms with Crippen LogP contribution in [0.1, 0.15) is 25.0 Å². The Labute approximate surface area is 129 Å². The van der Waals surface area contributed by atoms with Gasteiger partial charge < -0.3 is 24.7 Å². The largest absolute Gasteiger partial charge is 0.488 e. The van der Waals surface area contributed by atoms with Crippen LogP contribution in [0.3, 0.4) is 0 Å². The molecule has 5 nitrogen and oxygen atoms in total. The molecule has 2 rings (SSSR count). The molecule has 6 heteroatoms. The summed E-state index contributed by atoms with van der Waals surface area (Å²) in [5, 5.41) is 0.526. The van der Waals surface area contributed by atoms with E-state index in [0.29, 0.717) is 35.2 Å². The van der Waals surface area contributed by atoms with Gasteiger partial charge in [-0.2, -0.15) is 0 Å². The predicted molar refractivity (Wildman–Crippen MR) is 80.8 cm³/mol. The van der Waals surface area contributed by atoms with Gasteiger partial charge in [0.25, 0.3) is 0 Å². The summed E-state index contributed by atoms with van der Waals surface area (Å²) in [6.45, 7) is 6.29. The zero-order chi connectivity index (χ0) is 15.6. The van der Waals surface area contributed by atoms with E-state index in [-0.39, 0.29) is 12.5 Å². The summed E-state index contributed by atoms with van der Waals surface area (Å²) < 4.78 is 16.9. The van der Waals surface area contributed by atoms with E-state index >= 15 is 0 Å². The Morgan fingerprint density at radius 2 is 2.29 bits per heavy atom. The van der Waals surface area contributed by atoms with Crippen molar-refractivity contribution in [3.63, 3.8) is 0 Å². The third-order valence-corrected chi connectivity index (χ3v) is 3.78. The van der Waals surface area contributed by atoms with Crippen molar-refractivity contribution in [2.45, 2.75) is 39.1 Å². The number of nitrogen functional groups attached to an aromatic ring is 1. The van der Waals surface area contributed by atoms with Gasteiger partial charge in [0.2, 0.25) is 0 Å². The molecule has 0 spiro atoms. The molecule has 2 N–H and O–H groups in total. The maximum absolute atomic E-state index is 10.8. The van der Waals surface area contributed by atoms with E-state index in [1.54, 1.807) is 6.07 Å². The van der Waals surface area contributed by atoms with Gasteiger partial charge in [-0.3, -0.25) is 0 Å². The minimum Gasteiger partial charge on any atom is -0.488 e. The van der Waals surface area contributed by atoms with Gasteiger partial charge in [0, 0.05) is 17.0 Å². The van der Waals surface area contributed by atoms with Gasteiger partial charge in [0.05, 0.1) is 12.3 Å². The number of hydrogen-bond acceptors (Lipinski definition) is 5. The van der Waals surface area contributed by atoms with Crippen LogP contribution in [0.25, 0.3) is 0 Å². The number of aldehydes is 1. The molecular weight excluding hydrogens is 294 g/mol. The van der Waals surface area contributed by atoms with Crippen LogP contribution in [0.4, 0.5) is 5.69 Å². The Balaban J connectivity index is 2.15. The summed E-state index contributed by atoms with van der Waals surface area (Å²) in [5.74, 6) is -0.0986. The summed E-state index contributed by atoms with van der Waals surface area (Å²) in [6.07, 6.45) is 0.831. The number of benzene rings is 1. The molecule has 0 saturated carbocycles. The second-order valence-corrected chi connectivity index (χ2v) is 5.93. The molecule has 0 amide bonds. The molecule has 1 aromatic rings. The molecule has 1 unspecified atom stereocenters. The lowest BCUT2D eigenvalue weighted by Gasteiger charge is -2.19. The van der Waals surface area contributed by atoms with E-state index in [0.717, 1.165) is 11.8 Å². The van der Waals surface area contributed by atoms with Gasteiger partial charge in [-0.15, -0.1) is 0 Å². The topological polar surface area (TPSA) is 70.8 Å². The van der Waals surface area contributed by atoms with E-state index in [4.69, 9.17) is 31.5 Å². The number of carbonyl (C=O) groups is 1. The first-order valence-electron chi connectivity index (χ1n) is 6.79. The van der Waals surface area contributed by atoms with Gasteiger partial charge in [-0.1, -0.05) is 11.6 Å². The van der Waals surface area contributed by atoms with Gasteiger partial charge in [0.1, 0.15) is 24.7 Å². The molecule has 21 heavy (non-hydrogen) atoms. The van der Waals surface area contributed by atoms with Crippen LogP contribution in [-0.2, 0) is 20.7 Å². The van der Waals surface area contributed by atoms with Crippen LogP contribution >= 0.6 is 11.6 Å². The average molecular weight is 314 g/mol. The number of carbonyl (C=O) groups excluding carboxylic acids is 1. The number of ether oxygens (including phenoxy) is 3. The minimum atomic E-state index is -0.596. The highest BCUT2D eigenvalue weighted by Gasteiger charge is 2.33. The van der Waals surface area contributed by atoms with Crippen molar-refractivity contribution >= 4 is 23.6 Å². The molecule has 1 heterocycles. The summed E-state index contributed by atoms with van der Waals surface area (Å²) in [4.78, 5) is 10.8. The second-order valence-electron chi connectivity index (χ2n) is 5.52. The molecular formula is C15H20ClNO4. The average Bonchev–Trinajstić information content (AvgIpc) is 2.76. The van der Waals surface area contributed by atoms with Crippen molar-refractivity contribution in [1.82, 2.24) is 0 Å². The van der Waals surface area contributed by atoms with Gasteiger partial charge in [-0.05, 0) is 32.4 Å². The van der Waals surface area contributed by atoms with E-state index in [9.17, 15) is 4.79 Å². The first-order chi connectivity index (χ1) is 9.84. The van der Waals surface area contributed by atoms with E-state index < -0.39 is 5.79 Å². The van der Waals surface area contributed by atoms with Gasteiger partial charge >= 0.3 is 0 Å². The van der Waals surface area contributed by atoms with Crippen molar-refractivity contribution in [3.8, 4) is 5.75 Å². The Morgan fingerprint density at radius 3 is 2.86 bits per heavy atom. The quantitative estimate of drug-likeness (QED) is 0.668. The normalized spacial score (nSPS) is 20.5. The highest BCUT2D eigenvalue weighted by atomic mass is 35.5. The van der Waals surface area contributed by atoms with Crippen LogP contribution < -0.4 is 10.5 Å². The summed E-state index contributed by atoms with van der Waals surface area (Å²) in [7, 11) is 0. The number of halogens is 1. The van der Waals surface area contributed by atoms with Crippen molar-refractivity contribution in [2.75, 3.05) is 18.9 Å². The van der Waals surface area contributed by atoms with Crippen LogP contribution in [0, 0.1) is 6.92 Å². The molecule has 1 saturated heterocycles. The Morgan fingerprint density at radius 1 is 1.57 bits per heavy atom. The molecule has 1 fully saturated rings. The molecule has 1 aliphatic rings. The van der Waals surface area contributed by atoms with Crippen LogP contribution in [0.15, 0.2) is 6.07 Å². The van der Waals surface area contributed by atoms with Crippen molar-refractivity contribution < 1.29 is 19.0 Å². The fraction of sp³-hybridized carbons (Fsp3) is 0.533. The number of nitrogens with two attached hydrogens (primary N) is 1. The molecule has 116 valence electrons. The Kier molecular flexibility index (Phi) is 4.76. The lowest BCUT2D eigenvalue weighted by molar-refractivity contribution is -0.141.